The highest BCUT2D eigenvalue weighted by molar-refractivity contribution is 5.92. The molecule has 0 aliphatic heterocycles. The van der Waals surface area contributed by atoms with Gasteiger partial charge in [0.25, 0.3) is 5.91 Å². The van der Waals surface area contributed by atoms with Crippen molar-refractivity contribution in [2.24, 2.45) is 0 Å². The standard InChI is InChI=1S/C14H24N4O3/c1-4-16-13-11-15-10-12(17-13)14(19)18(7-9-21-3)6-5-8-20-2/h10-11H,4-9H2,1-3H3,(H,16,17). The summed E-state index contributed by atoms with van der Waals surface area (Å²) in [6.45, 7) is 4.91. The van der Waals surface area contributed by atoms with Crippen LogP contribution in [0.25, 0.3) is 0 Å². The van der Waals surface area contributed by atoms with E-state index in [0.29, 0.717) is 37.8 Å². The molecule has 0 unspecified atom stereocenters. The van der Waals surface area contributed by atoms with E-state index in [2.05, 4.69) is 15.3 Å². The van der Waals surface area contributed by atoms with Gasteiger partial charge in [-0.3, -0.25) is 9.78 Å². The molecule has 1 rings (SSSR count). The first-order chi connectivity index (χ1) is 10.2. The number of carbonyl (C=O) groups excluding carboxylic acids is 1. The fourth-order valence-electron chi connectivity index (χ4n) is 1.81. The second-order valence-electron chi connectivity index (χ2n) is 4.45. The molecule has 0 fully saturated rings. The van der Waals surface area contributed by atoms with E-state index in [-0.39, 0.29) is 5.91 Å². The van der Waals surface area contributed by atoms with Gasteiger partial charge in [0, 0.05) is 40.5 Å². The monoisotopic (exact) mass is 296 g/mol. The van der Waals surface area contributed by atoms with Crippen molar-refractivity contribution in [3.63, 3.8) is 0 Å². The first kappa shape index (κ1) is 17.3. The van der Waals surface area contributed by atoms with Crippen LogP contribution in [0.2, 0.25) is 0 Å². The average Bonchev–Trinajstić information content (AvgIpc) is 2.51. The molecular weight excluding hydrogens is 272 g/mol. The van der Waals surface area contributed by atoms with Gasteiger partial charge in [-0.2, -0.15) is 0 Å². The number of rotatable bonds is 10. The van der Waals surface area contributed by atoms with Gasteiger partial charge in [0.1, 0.15) is 11.5 Å². The van der Waals surface area contributed by atoms with Crippen LogP contribution in [0.4, 0.5) is 5.82 Å². The average molecular weight is 296 g/mol. The first-order valence-corrected chi connectivity index (χ1v) is 7.06. The second-order valence-corrected chi connectivity index (χ2v) is 4.45. The predicted octanol–water partition coefficient (Wildman–Crippen LogP) is 1.03. The van der Waals surface area contributed by atoms with Crippen molar-refractivity contribution < 1.29 is 14.3 Å². The molecule has 7 nitrogen and oxygen atoms in total. The topological polar surface area (TPSA) is 76.6 Å². The van der Waals surface area contributed by atoms with Crippen molar-refractivity contribution in [3.05, 3.63) is 18.1 Å². The maximum atomic E-state index is 12.5. The zero-order valence-corrected chi connectivity index (χ0v) is 13.0. The van der Waals surface area contributed by atoms with E-state index in [1.165, 1.54) is 6.20 Å². The molecule has 1 N–H and O–H groups in total. The summed E-state index contributed by atoms with van der Waals surface area (Å²) < 4.78 is 10.1. The summed E-state index contributed by atoms with van der Waals surface area (Å²) in [5.41, 5.74) is 0.335. The van der Waals surface area contributed by atoms with Gasteiger partial charge in [-0.25, -0.2) is 4.98 Å². The number of aromatic nitrogens is 2. The smallest absolute Gasteiger partial charge is 0.274 e. The van der Waals surface area contributed by atoms with E-state index in [9.17, 15) is 4.79 Å². The lowest BCUT2D eigenvalue weighted by Crippen LogP contribution is -2.36. The van der Waals surface area contributed by atoms with Crippen molar-refractivity contribution in [1.82, 2.24) is 14.9 Å². The van der Waals surface area contributed by atoms with E-state index in [0.717, 1.165) is 13.0 Å². The van der Waals surface area contributed by atoms with Gasteiger partial charge in [0.2, 0.25) is 0 Å². The number of amides is 1. The van der Waals surface area contributed by atoms with Crippen LogP contribution in [0.3, 0.4) is 0 Å². The third-order valence-corrected chi connectivity index (χ3v) is 2.84. The Labute approximate surface area is 125 Å². The molecule has 1 amide bonds. The Morgan fingerprint density at radius 1 is 1.24 bits per heavy atom. The molecule has 7 heteroatoms. The molecular formula is C14H24N4O3. The Hall–Kier alpha value is -1.73. The number of nitrogens with one attached hydrogen (secondary N) is 1. The van der Waals surface area contributed by atoms with E-state index >= 15 is 0 Å². The summed E-state index contributed by atoms with van der Waals surface area (Å²) in [6, 6.07) is 0. The molecule has 1 aromatic rings. The molecule has 0 aliphatic rings. The fraction of sp³-hybridized carbons (Fsp3) is 0.643. The number of ether oxygens (including phenoxy) is 2. The second kappa shape index (κ2) is 10.1. The summed E-state index contributed by atoms with van der Waals surface area (Å²) in [5, 5.41) is 3.05. The number of hydrogen-bond donors (Lipinski definition) is 1. The van der Waals surface area contributed by atoms with E-state index < -0.39 is 0 Å². The molecule has 0 radical (unpaired) electrons. The van der Waals surface area contributed by atoms with E-state index in [1.54, 1.807) is 25.3 Å². The summed E-state index contributed by atoms with van der Waals surface area (Å²) in [4.78, 5) is 22.5. The van der Waals surface area contributed by atoms with Crippen molar-refractivity contribution >= 4 is 11.7 Å². The van der Waals surface area contributed by atoms with Crippen LogP contribution >= 0.6 is 0 Å². The number of methoxy groups -OCH3 is 2. The zero-order chi connectivity index (χ0) is 15.5. The molecule has 21 heavy (non-hydrogen) atoms. The molecule has 0 atom stereocenters. The maximum Gasteiger partial charge on any atom is 0.274 e. The van der Waals surface area contributed by atoms with Crippen LogP contribution in [0.5, 0.6) is 0 Å². The Morgan fingerprint density at radius 3 is 2.67 bits per heavy atom. The maximum absolute atomic E-state index is 12.5. The molecule has 1 aromatic heterocycles. The van der Waals surface area contributed by atoms with Gasteiger partial charge in [-0.1, -0.05) is 0 Å². The Morgan fingerprint density at radius 2 is 2.00 bits per heavy atom. The van der Waals surface area contributed by atoms with Crippen LogP contribution in [0.15, 0.2) is 12.4 Å². The Balaban J connectivity index is 2.74. The molecule has 0 aliphatic carbocycles. The van der Waals surface area contributed by atoms with Crippen LogP contribution < -0.4 is 5.32 Å². The van der Waals surface area contributed by atoms with Crippen LogP contribution in [0.1, 0.15) is 23.8 Å². The zero-order valence-electron chi connectivity index (χ0n) is 13.0. The summed E-state index contributed by atoms with van der Waals surface area (Å²) in [7, 11) is 3.26. The quantitative estimate of drug-likeness (QED) is 0.650. The molecule has 0 spiro atoms. The molecule has 1 heterocycles. The van der Waals surface area contributed by atoms with Crippen molar-refractivity contribution in [3.8, 4) is 0 Å². The number of anilines is 1. The third-order valence-electron chi connectivity index (χ3n) is 2.84. The lowest BCUT2D eigenvalue weighted by molar-refractivity contribution is 0.0668. The van der Waals surface area contributed by atoms with Crippen LogP contribution in [-0.2, 0) is 9.47 Å². The van der Waals surface area contributed by atoms with Gasteiger partial charge >= 0.3 is 0 Å². The number of hydrogen-bond acceptors (Lipinski definition) is 6. The highest BCUT2D eigenvalue weighted by Crippen LogP contribution is 2.06. The molecule has 0 aromatic carbocycles. The van der Waals surface area contributed by atoms with E-state index in [1.807, 2.05) is 6.92 Å². The predicted molar refractivity (Wildman–Crippen MR) is 80.5 cm³/mol. The normalized spacial score (nSPS) is 10.4. The Bertz CT molecular complexity index is 428. The number of nitrogens with zero attached hydrogens (tertiary/aromatic N) is 3. The summed E-state index contributed by atoms with van der Waals surface area (Å²) in [6.07, 6.45) is 3.86. The first-order valence-electron chi connectivity index (χ1n) is 7.06. The van der Waals surface area contributed by atoms with Gasteiger partial charge in [0.05, 0.1) is 19.0 Å². The SMILES string of the molecule is CCNc1cncc(C(=O)N(CCCOC)CCOC)n1. The van der Waals surface area contributed by atoms with Crippen molar-refractivity contribution in [2.75, 3.05) is 52.4 Å². The fourth-order valence-corrected chi connectivity index (χ4v) is 1.81. The molecule has 118 valence electrons. The minimum absolute atomic E-state index is 0.143. The summed E-state index contributed by atoms with van der Waals surface area (Å²) >= 11 is 0. The van der Waals surface area contributed by atoms with Crippen molar-refractivity contribution in [1.29, 1.82) is 0 Å². The third kappa shape index (κ3) is 6.05. The minimum atomic E-state index is -0.143. The van der Waals surface area contributed by atoms with Crippen LogP contribution in [0, 0.1) is 0 Å². The molecule has 0 saturated carbocycles. The van der Waals surface area contributed by atoms with Gasteiger partial charge < -0.3 is 19.7 Å². The van der Waals surface area contributed by atoms with Gasteiger partial charge in [0.15, 0.2) is 0 Å². The highest BCUT2D eigenvalue weighted by atomic mass is 16.5. The summed E-state index contributed by atoms with van der Waals surface area (Å²) in [5.74, 6) is 0.460. The van der Waals surface area contributed by atoms with Crippen molar-refractivity contribution in [2.45, 2.75) is 13.3 Å². The largest absolute Gasteiger partial charge is 0.385 e. The molecule has 0 saturated heterocycles. The number of carbonyl (C=O) groups is 1. The van der Waals surface area contributed by atoms with Crippen LogP contribution in [-0.4, -0.2) is 67.8 Å². The van der Waals surface area contributed by atoms with Gasteiger partial charge in [-0.15, -0.1) is 0 Å². The minimum Gasteiger partial charge on any atom is -0.385 e. The highest BCUT2D eigenvalue weighted by Gasteiger charge is 2.17. The van der Waals surface area contributed by atoms with E-state index in [4.69, 9.17) is 9.47 Å². The molecule has 0 bridgehead atoms. The lowest BCUT2D eigenvalue weighted by atomic mass is 10.3. The Kier molecular flexibility index (Phi) is 8.30. The lowest BCUT2D eigenvalue weighted by Gasteiger charge is -2.22. The van der Waals surface area contributed by atoms with Gasteiger partial charge in [-0.05, 0) is 13.3 Å².